The minimum atomic E-state index is -0.0248. The smallest absolute Gasteiger partial charge is 0.162 e. The number of hydrogen-bond donors (Lipinski definition) is 1. The van der Waals surface area contributed by atoms with E-state index in [-0.39, 0.29) is 6.61 Å². The minimum absolute atomic E-state index is 0.0248. The second-order valence-corrected chi connectivity index (χ2v) is 4.20. The first-order chi connectivity index (χ1) is 9.22. The van der Waals surface area contributed by atoms with Gasteiger partial charge in [0.05, 0.1) is 19.4 Å². The summed E-state index contributed by atoms with van der Waals surface area (Å²) in [6.07, 6.45) is 0. The molecule has 0 fully saturated rings. The lowest BCUT2D eigenvalue weighted by molar-refractivity contribution is 0.270. The van der Waals surface area contributed by atoms with Crippen LogP contribution in [0.25, 0.3) is 0 Å². The molecule has 0 bridgehead atoms. The molecule has 0 radical (unpaired) electrons. The molecule has 4 heteroatoms. The van der Waals surface area contributed by atoms with Crippen LogP contribution in [0.15, 0.2) is 36.4 Å². The van der Waals surface area contributed by atoms with Crippen LogP contribution in [0, 0.1) is 6.92 Å². The molecule has 1 N–H and O–H groups in total. The summed E-state index contributed by atoms with van der Waals surface area (Å²) in [6, 6.07) is 11.2. The zero-order valence-corrected chi connectivity index (χ0v) is 11.1. The molecule has 0 unspecified atom stereocenters. The molecular formula is C15H17NO3. The second-order valence-electron chi connectivity index (χ2n) is 4.20. The molecular weight excluding hydrogens is 242 g/mol. The number of ether oxygens (including phenoxy) is 2. The molecule has 0 amide bonds. The molecule has 0 saturated carbocycles. The Hall–Kier alpha value is -2.07. The van der Waals surface area contributed by atoms with Crippen LogP contribution in [0.5, 0.6) is 11.5 Å². The standard InChI is InChI=1S/C15H17NO3/c1-11-4-3-5-13(16-11)10-19-15-8-12(9-17)6-7-14(15)18-2/h3-8,17H,9-10H2,1-2H3. The summed E-state index contributed by atoms with van der Waals surface area (Å²) in [7, 11) is 1.59. The fourth-order valence-electron chi connectivity index (χ4n) is 1.76. The number of aromatic nitrogens is 1. The van der Waals surface area contributed by atoms with Gasteiger partial charge in [0.25, 0.3) is 0 Å². The molecule has 2 aromatic rings. The average molecular weight is 259 g/mol. The molecule has 0 aliphatic heterocycles. The second kappa shape index (κ2) is 6.20. The van der Waals surface area contributed by atoms with Crippen LogP contribution in [-0.4, -0.2) is 17.2 Å². The van der Waals surface area contributed by atoms with E-state index in [1.54, 1.807) is 25.3 Å². The van der Waals surface area contributed by atoms with E-state index < -0.39 is 0 Å². The van der Waals surface area contributed by atoms with E-state index in [9.17, 15) is 0 Å². The van der Waals surface area contributed by atoms with Crippen molar-refractivity contribution in [3.05, 3.63) is 53.3 Å². The highest BCUT2D eigenvalue weighted by Gasteiger charge is 2.06. The zero-order valence-electron chi connectivity index (χ0n) is 11.1. The van der Waals surface area contributed by atoms with Crippen LogP contribution in [0.2, 0.25) is 0 Å². The van der Waals surface area contributed by atoms with E-state index in [1.165, 1.54) is 0 Å². The number of pyridine rings is 1. The van der Waals surface area contributed by atoms with Crippen LogP contribution in [0.1, 0.15) is 17.0 Å². The number of aliphatic hydroxyl groups is 1. The summed E-state index contributed by atoms with van der Waals surface area (Å²) in [5, 5.41) is 9.14. The van der Waals surface area contributed by atoms with E-state index in [2.05, 4.69) is 4.98 Å². The first-order valence-corrected chi connectivity index (χ1v) is 6.06. The molecule has 0 atom stereocenters. The molecule has 19 heavy (non-hydrogen) atoms. The first kappa shape index (κ1) is 13.4. The van der Waals surface area contributed by atoms with Crippen molar-refractivity contribution < 1.29 is 14.6 Å². The Morgan fingerprint density at radius 3 is 2.68 bits per heavy atom. The monoisotopic (exact) mass is 259 g/mol. The highest BCUT2D eigenvalue weighted by molar-refractivity contribution is 5.42. The fourth-order valence-corrected chi connectivity index (χ4v) is 1.76. The van der Waals surface area contributed by atoms with Gasteiger partial charge in [0.1, 0.15) is 6.61 Å². The van der Waals surface area contributed by atoms with E-state index in [1.807, 2.05) is 25.1 Å². The van der Waals surface area contributed by atoms with Gasteiger partial charge in [0.15, 0.2) is 11.5 Å². The molecule has 1 aromatic heterocycles. The molecule has 1 heterocycles. The Labute approximate surface area is 112 Å². The number of rotatable bonds is 5. The maximum absolute atomic E-state index is 9.14. The SMILES string of the molecule is COc1ccc(CO)cc1OCc1cccc(C)n1. The van der Waals surface area contributed by atoms with Crippen molar-refractivity contribution in [2.24, 2.45) is 0 Å². The number of methoxy groups -OCH3 is 1. The van der Waals surface area contributed by atoms with Gasteiger partial charge in [-0.2, -0.15) is 0 Å². The van der Waals surface area contributed by atoms with Crippen molar-refractivity contribution in [2.75, 3.05) is 7.11 Å². The van der Waals surface area contributed by atoms with Crippen LogP contribution < -0.4 is 9.47 Å². The van der Waals surface area contributed by atoms with Crippen LogP contribution in [0.3, 0.4) is 0 Å². The average Bonchev–Trinajstić information content (AvgIpc) is 2.45. The largest absolute Gasteiger partial charge is 0.493 e. The van der Waals surface area contributed by atoms with Crippen molar-refractivity contribution in [2.45, 2.75) is 20.1 Å². The molecule has 0 spiro atoms. The molecule has 2 rings (SSSR count). The summed E-state index contributed by atoms with van der Waals surface area (Å²) in [5.41, 5.74) is 2.60. The summed E-state index contributed by atoms with van der Waals surface area (Å²) in [4.78, 5) is 4.37. The summed E-state index contributed by atoms with van der Waals surface area (Å²) < 4.78 is 10.9. The van der Waals surface area contributed by atoms with Crippen molar-refractivity contribution in [3.63, 3.8) is 0 Å². The number of benzene rings is 1. The van der Waals surface area contributed by atoms with Crippen molar-refractivity contribution in [1.82, 2.24) is 4.98 Å². The molecule has 0 saturated heterocycles. The number of nitrogens with zero attached hydrogens (tertiary/aromatic N) is 1. The predicted molar refractivity (Wildman–Crippen MR) is 72.2 cm³/mol. The predicted octanol–water partition coefficient (Wildman–Crippen LogP) is 2.47. The molecule has 100 valence electrons. The number of hydrogen-bond acceptors (Lipinski definition) is 4. The van der Waals surface area contributed by atoms with Crippen LogP contribution in [-0.2, 0) is 13.2 Å². The van der Waals surface area contributed by atoms with Crippen molar-refractivity contribution in [1.29, 1.82) is 0 Å². The molecule has 0 aliphatic rings. The third kappa shape index (κ3) is 3.45. The van der Waals surface area contributed by atoms with Gasteiger partial charge in [-0.05, 0) is 36.8 Å². The maximum atomic E-state index is 9.14. The first-order valence-electron chi connectivity index (χ1n) is 6.06. The number of aryl methyl sites for hydroxylation is 1. The third-order valence-corrected chi connectivity index (χ3v) is 2.73. The fraction of sp³-hybridized carbons (Fsp3) is 0.267. The Kier molecular flexibility index (Phi) is 4.36. The summed E-state index contributed by atoms with van der Waals surface area (Å²) in [6.45, 7) is 2.28. The molecule has 4 nitrogen and oxygen atoms in total. The van der Waals surface area contributed by atoms with Gasteiger partial charge in [-0.3, -0.25) is 4.98 Å². The Bertz CT molecular complexity index is 555. The summed E-state index contributed by atoms with van der Waals surface area (Å²) >= 11 is 0. The normalized spacial score (nSPS) is 10.3. The Morgan fingerprint density at radius 1 is 1.16 bits per heavy atom. The zero-order chi connectivity index (χ0) is 13.7. The maximum Gasteiger partial charge on any atom is 0.162 e. The van der Waals surface area contributed by atoms with Gasteiger partial charge in [-0.1, -0.05) is 12.1 Å². The van der Waals surface area contributed by atoms with Gasteiger partial charge < -0.3 is 14.6 Å². The van der Waals surface area contributed by atoms with Gasteiger partial charge in [0, 0.05) is 5.69 Å². The Balaban J connectivity index is 2.14. The van der Waals surface area contributed by atoms with E-state index >= 15 is 0 Å². The van der Waals surface area contributed by atoms with Gasteiger partial charge in [-0.15, -0.1) is 0 Å². The highest BCUT2D eigenvalue weighted by atomic mass is 16.5. The topological polar surface area (TPSA) is 51.6 Å². The molecule has 1 aromatic carbocycles. The third-order valence-electron chi connectivity index (χ3n) is 2.73. The minimum Gasteiger partial charge on any atom is -0.493 e. The van der Waals surface area contributed by atoms with Gasteiger partial charge >= 0.3 is 0 Å². The van der Waals surface area contributed by atoms with E-state index in [4.69, 9.17) is 14.6 Å². The van der Waals surface area contributed by atoms with Crippen molar-refractivity contribution in [3.8, 4) is 11.5 Å². The van der Waals surface area contributed by atoms with Gasteiger partial charge in [0.2, 0.25) is 0 Å². The lowest BCUT2D eigenvalue weighted by Gasteiger charge is -2.11. The Morgan fingerprint density at radius 2 is 2.00 bits per heavy atom. The number of aliphatic hydroxyl groups excluding tert-OH is 1. The quantitative estimate of drug-likeness (QED) is 0.896. The lowest BCUT2D eigenvalue weighted by atomic mass is 10.2. The van der Waals surface area contributed by atoms with Crippen LogP contribution >= 0.6 is 0 Å². The highest BCUT2D eigenvalue weighted by Crippen LogP contribution is 2.28. The van der Waals surface area contributed by atoms with Crippen LogP contribution in [0.4, 0.5) is 0 Å². The lowest BCUT2D eigenvalue weighted by Crippen LogP contribution is -2.01. The molecule has 0 aliphatic carbocycles. The van der Waals surface area contributed by atoms with Gasteiger partial charge in [-0.25, -0.2) is 0 Å². The summed E-state index contributed by atoms with van der Waals surface area (Å²) in [5.74, 6) is 1.25. The van der Waals surface area contributed by atoms with E-state index in [0.29, 0.717) is 18.1 Å². The van der Waals surface area contributed by atoms with Crippen molar-refractivity contribution >= 4 is 0 Å². The van der Waals surface area contributed by atoms with E-state index in [0.717, 1.165) is 17.0 Å².